The summed E-state index contributed by atoms with van der Waals surface area (Å²) in [6.07, 6.45) is 0. The Bertz CT molecular complexity index is 325. The smallest absolute Gasteiger partial charge is 0.324 e. The van der Waals surface area contributed by atoms with E-state index < -0.39 is 0 Å². The third-order valence-corrected chi connectivity index (χ3v) is 2.34. The number of likely N-dealkylation sites (N-methyl/N-ethyl adjacent to an activating group) is 1. The van der Waals surface area contributed by atoms with Gasteiger partial charge in [0.1, 0.15) is 12.6 Å². The SMILES string of the molecule is CN(C)[C@H](CN)C(=O)OCc1ccccc1. The second-order valence-corrected chi connectivity index (χ2v) is 3.81. The maximum Gasteiger partial charge on any atom is 0.324 e. The number of ether oxygens (including phenoxy) is 1. The molecule has 1 aromatic rings. The van der Waals surface area contributed by atoms with E-state index in [0.717, 1.165) is 5.56 Å². The molecule has 0 saturated carbocycles. The van der Waals surface area contributed by atoms with E-state index in [0.29, 0.717) is 6.61 Å². The van der Waals surface area contributed by atoms with Crippen LogP contribution in [-0.4, -0.2) is 37.6 Å². The first-order chi connectivity index (χ1) is 7.65. The molecule has 0 bridgehead atoms. The summed E-state index contributed by atoms with van der Waals surface area (Å²) in [6, 6.07) is 9.21. The second kappa shape index (κ2) is 6.25. The highest BCUT2D eigenvalue weighted by atomic mass is 16.5. The summed E-state index contributed by atoms with van der Waals surface area (Å²) < 4.78 is 5.18. The highest BCUT2D eigenvalue weighted by molar-refractivity contribution is 5.76. The van der Waals surface area contributed by atoms with Gasteiger partial charge in [0.2, 0.25) is 0 Å². The molecular formula is C12H18N2O2. The van der Waals surface area contributed by atoms with Crippen LogP contribution in [0.3, 0.4) is 0 Å². The predicted molar refractivity (Wildman–Crippen MR) is 62.8 cm³/mol. The van der Waals surface area contributed by atoms with Crippen molar-refractivity contribution in [2.75, 3.05) is 20.6 Å². The largest absolute Gasteiger partial charge is 0.460 e. The minimum absolute atomic E-state index is 0.265. The number of nitrogens with two attached hydrogens (primary N) is 1. The lowest BCUT2D eigenvalue weighted by Crippen LogP contribution is -2.42. The number of rotatable bonds is 5. The average molecular weight is 222 g/mol. The van der Waals surface area contributed by atoms with Gasteiger partial charge in [-0.1, -0.05) is 30.3 Å². The zero-order valence-corrected chi connectivity index (χ0v) is 9.72. The van der Waals surface area contributed by atoms with Crippen LogP contribution in [0.5, 0.6) is 0 Å². The molecule has 0 aliphatic carbocycles. The van der Waals surface area contributed by atoms with Crippen molar-refractivity contribution < 1.29 is 9.53 Å². The highest BCUT2D eigenvalue weighted by Crippen LogP contribution is 2.03. The molecule has 0 heterocycles. The Morgan fingerprint density at radius 1 is 1.38 bits per heavy atom. The third-order valence-electron chi connectivity index (χ3n) is 2.34. The minimum Gasteiger partial charge on any atom is -0.460 e. The monoisotopic (exact) mass is 222 g/mol. The number of carbonyl (C=O) groups excluding carboxylic acids is 1. The van der Waals surface area contributed by atoms with Crippen molar-refractivity contribution in [1.29, 1.82) is 0 Å². The normalized spacial score (nSPS) is 12.5. The van der Waals surface area contributed by atoms with Crippen LogP contribution in [0.25, 0.3) is 0 Å². The quantitative estimate of drug-likeness (QED) is 0.742. The molecule has 0 spiro atoms. The molecule has 2 N–H and O–H groups in total. The van der Waals surface area contributed by atoms with Crippen molar-refractivity contribution in [1.82, 2.24) is 4.90 Å². The van der Waals surface area contributed by atoms with Crippen molar-refractivity contribution in [2.24, 2.45) is 5.73 Å². The molecule has 0 aliphatic rings. The average Bonchev–Trinajstić information content (AvgIpc) is 2.28. The van der Waals surface area contributed by atoms with Crippen LogP contribution in [0.2, 0.25) is 0 Å². The van der Waals surface area contributed by atoms with Crippen molar-refractivity contribution in [3.8, 4) is 0 Å². The molecule has 1 rings (SSSR count). The summed E-state index contributed by atoms with van der Waals surface area (Å²) >= 11 is 0. The van der Waals surface area contributed by atoms with Crippen molar-refractivity contribution in [3.05, 3.63) is 35.9 Å². The van der Waals surface area contributed by atoms with E-state index in [1.807, 2.05) is 30.3 Å². The van der Waals surface area contributed by atoms with Gasteiger partial charge in [0.25, 0.3) is 0 Å². The third kappa shape index (κ3) is 3.64. The molecule has 0 aliphatic heterocycles. The van der Waals surface area contributed by atoms with Crippen LogP contribution in [-0.2, 0) is 16.1 Å². The molecule has 0 saturated heterocycles. The Hall–Kier alpha value is -1.39. The Morgan fingerprint density at radius 2 is 2.00 bits per heavy atom. The van der Waals surface area contributed by atoms with Gasteiger partial charge in [-0.2, -0.15) is 0 Å². The molecule has 16 heavy (non-hydrogen) atoms. The van der Waals surface area contributed by atoms with E-state index in [4.69, 9.17) is 10.5 Å². The lowest BCUT2D eigenvalue weighted by atomic mass is 10.2. The van der Waals surface area contributed by atoms with Gasteiger partial charge < -0.3 is 10.5 Å². The highest BCUT2D eigenvalue weighted by Gasteiger charge is 2.20. The zero-order valence-electron chi connectivity index (χ0n) is 9.72. The molecule has 0 fully saturated rings. The molecule has 4 heteroatoms. The van der Waals surface area contributed by atoms with E-state index in [9.17, 15) is 4.79 Å². The standard InChI is InChI=1S/C12H18N2O2/c1-14(2)11(8-13)12(15)16-9-10-6-4-3-5-7-10/h3-7,11H,8-9,13H2,1-2H3/t11-/m1/s1. The molecule has 1 aromatic carbocycles. The number of hydrogen-bond acceptors (Lipinski definition) is 4. The summed E-state index contributed by atoms with van der Waals surface area (Å²) in [6.45, 7) is 0.560. The maximum atomic E-state index is 11.6. The van der Waals surface area contributed by atoms with Crippen LogP contribution in [0.4, 0.5) is 0 Å². The van der Waals surface area contributed by atoms with Crippen molar-refractivity contribution >= 4 is 5.97 Å². The van der Waals surface area contributed by atoms with Gasteiger partial charge in [-0.05, 0) is 19.7 Å². The zero-order chi connectivity index (χ0) is 12.0. The molecule has 1 atom stereocenters. The van der Waals surface area contributed by atoms with Gasteiger partial charge in [-0.3, -0.25) is 9.69 Å². The fraction of sp³-hybridized carbons (Fsp3) is 0.417. The molecule has 4 nitrogen and oxygen atoms in total. The number of hydrogen-bond donors (Lipinski definition) is 1. The summed E-state index contributed by atoms with van der Waals surface area (Å²) in [5, 5.41) is 0. The van der Waals surface area contributed by atoms with E-state index in [2.05, 4.69) is 0 Å². The Morgan fingerprint density at radius 3 is 2.50 bits per heavy atom. The topological polar surface area (TPSA) is 55.6 Å². The van der Waals surface area contributed by atoms with E-state index in [-0.39, 0.29) is 18.6 Å². The Kier molecular flexibility index (Phi) is 4.95. The summed E-state index contributed by atoms with van der Waals surface area (Å²) in [5.41, 5.74) is 6.48. The van der Waals surface area contributed by atoms with Crippen LogP contribution >= 0.6 is 0 Å². The summed E-state index contributed by atoms with van der Waals surface area (Å²) in [7, 11) is 3.61. The fourth-order valence-corrected chi connectivity index (χ4v) is 1.34. The van der Waals surface area contributed by atoms with E-state index in [1.54, 1.807) is 19.0 Å². The first kappa shape index (κ1) is 12.7. The minimum atomic E-state index is -0.372. The van der Waals surface area contributed by atoms with Crippen molar-refractivity contribution in [3.63, 3.8) is 0 Å². The number of carbonyl (C=O) groups is 1. The molecule has 0 unspecified atom stereocenters. The fourth-order valence-electron chi connectivity index (χ4n) is 1.34. The van der Waals surface area contributed by atoms with Gasteiger partial charge in [0, 0.05) is 6.54 Å². The van der Waals surface area contributed by atoms with Gasteiger partial charge in [-0.15, -0.1) is 0 Å². The predicted octanol–water partition coefficient (Wildman–Crippen LogP) is 0.619. The molecule has 88 valence electrons. The van der Waals surface area contributed by atoms with E-state index in [1.165, 1.54) is 0 Å². The maximum absolute atomic E-state index is 11.6. The van der Waals surface area contributed by atoms with Crippen LogP contribution in [0, 0.1) is 0 Å². The number of nitrogens with zero attached hydrogens (tertiary/aromatic N) is 1. The number of benzene rings is 1. The molecule has 0 aromatic heterocycles. The Balaban J connectivity index is 2.46. The van der Waals surface area contributed by atoms with Crippen LogP contribution < -0.4 is 5.73 Å². The van der Waals surface area contributed by atoms with Crippen LogP contribution in [0.15, 0.2) is 30.3 Å². The summed E-state index contributed by atoms with van der Waals surface area (Å²) in [4.78, 5) is 13.4. The van der Waals surface area contributed by atoms with Gasteiger partial charge >= 0.3 is 5.97 Å². The first-order valence-corrected chi connectivity index (χ1v) is 5.22. The van der Waals surface area contributed by atoms with E-state index >= 15 is 0 Å². The van der Waals surface area contributed by atoms with Gasteiger partial charge in [0.15, 0.2) is 0 Å². The van der Waals surface area contributed by atoms with Gasteiger partial charge in [-0.25, -0.2) is 0 Å². The number of esters is 1. The lowest BCUT2D eigenvalue weighted by Gasteiger charge is -2.20. The first-order valence-electron chi connectivity index (χ1n) is 5.22. The summed E-state index contributed by atoms with van der Waals surface area (Å²) in [5.74, 6) is -0.281. The Labute approximate surface area is 96.0 Å². The van der Waals surface area contributed by atoms with Crippen LogP contribution in [0.1, 0.15) is 5.56 Å². The molecular weight excluding hydrogens is 204 g/mol. The lowest BCUT2D eigenvalue weighted by molar-refractivity contribution is -0.150. The van der Waals surface area contributed by atoms with Crippen molar-refractivity contribution in [2.45, 2.75) is 12.6 Å². The second-order valence-electron chi connectivity index (χ2n) is 3.81. The molecule has 0 amide bonds. The molecule has 0 radical (unpaired) electrons. The van der Waals surface area contributed by atoms with Gasteiger partial charge in [0.05, 0.1) is 0 Å².